The van der Waals surface area contributed by atoms with Gasteiger partial charge in [0, 0.05) is 50.2 Å². The van der Waals surface area contributed by atoms with E-state index >= 15 is 0 Å². The molecule has 0 bridgehead atoms. The SMILES string of the molecule is CCCc1cc(C(=O)N2CCC(N3CCNCC3)C2)sc1C. The minimum atomic E-state index is 0.244. The van der Waals surface area contributed by atoms with Crippen LogP contribution in [-0.4, -0.2) is 61.0 Å². The summed E-state index contributed by atoms with van der Waals surface area (Å²) in [5, 5.41) is 3.40. The fourth-order valence-corrected chi connectivity index (χ4v) is 4.61. The first kappa shape index (κ1) is 16.0. The molecule has 2 aliphatic heterocycles. The molecule has 2 saturated heterocycles. The molecule has 1 atom stereocenters. The molecule has 4 nitrogen and oxygen atoms in total. The third-order valence-corrected chi connectivity index (χ3v) is 5.95. The van der Waals surface area contributed by atoms with Crippen LogP contribution in [0.5, 0.6) is 0 Å². The molecule has 1 aromatic rings. The molecule has 0 spiro atoms. The summed E-state index contributed by atoms with van der Waals surface area (Å²) in [4.78, 5) is 19.6. The largest absolute Gasteiger partial charge is 0.336 e. The van der Waals surface area contributed by atoms with Crippen LogP contribution in [0.25, 0.3) is 0 Å². The topological polar surface area (TPSA) is 35.6 Å². The fourth-order valence-electron chi connectivity index (χ4n) is 3.57. The zero-order chi connectivity index (χ0) is 15.5. The molecule has 0 aliphatic carbocycles. The molecule has 5 heteroatoms. The van der Waals surface area contributed by atoms with E-state index in [-0.39, 0.29) is 5.91 Å². The zero-order valence-electron chi connectivity index (χ0n) is 13.7. The normalized spacial score (nSPS) is 23.2. The minimum Gasteiger partial charge on any atom is -0.336 e. The molecule has 2 aliphatic rings. The predicted molar refractivity (Wildman–Crippen MR) is 91.8 cm³/mol. The quantitative estimate of drug-likeness (QED) is 0.923. The number of aryl methyl sites for hydroxylation is 2. The van der Waals surface area contributed by atoms with Gasteiger partial charge in [0.15, 0.2) is 0 Å². The number of likely N-dealkylation sites (tertiary alicyclic amines) is 1. The van der Waals surface area contributed by atoms with Crippen molar-refractivity contribution in [3.8, 4) is 0 Å². The van der Waals surface area contributed by atoms with Crippen LogP contribution in [0.15, 0.2) is 6.07 Å². The maximum absolute atomic E-state index is 12.8. The first-order chi connectivity index (χ1) is 10.7. The number of thiophene rings is 1. The van der Waals surface area contributed by atoms with Crippen LogP contribution in [0.3, 0.4) is 0 Å². The van der Waals surface area contributed by atoms with E-state index in [1.54, 1.807) is 11.3 Å². The summed E-state index contributed by atoms with van der Waals surface area (Å²) in [6.45, 7) is 10.5. The van der Waals surface area contributed by atoms with Gasteiger partial charge in [-0.3, -0.25) is 9.69 Å². The molecule has 2 fully saturated rings. The Morgan fingerprint density at radius 3 is 2.86 bits per heavy atom. The van der Waals surface area contributed by atoms with E-state index in [0.717, 1.165) is 63.4 Å². The van der Waals surface area contributed by atoms with Crippen LogP contribution in [0.2, 0.25) is 0 Å². The van der Waals surface area contributed by atoms with Gasteiger partial charge in [-0.15, -0.1) is 11.3 Å². The van der Waals surface area contributed by atoms with Crippen molar-refractivity contribution in [3.63, 3.8) is 0 Å². The number of piperazine rings is 1. The second-order valence-electron chi connectivity index (χ2n) is 6.42. The van der Waals surface area contributed by atoms with Gasteiger partial charge in [-0.1, -0.05) is 13.3 Å². The lowest BCUT2D eigenvalue weighted by atomic mass is 10.1. The maximum Gasteiger partial charge on any atom is 0.263 e. The van der Waals surface area contributed by atoms with Crippen LogP contribution in [-0.2, 0) is 6.42 Å². The molecule has 1 amide bonds. The van der Waals surface area contributed by atoms with E-state index < -0.39 is 0 Å². The number of rotatable bonds is 4. The average Bonchev–Trinajstić information content (AvgIpc) is 3.16. The summed E-state index contributed by atoms with van der Waals surface area (Å²) in [6.07, 6.45) is 3.34. The molecule has 0 saturated carbocycles. The van der Waals surface area contributed by atoms with Crippen molar-refractivity contribution >= 4 is 17.2 Å². The Balaban J connectivity index is 1.62. The summed E-state index contributed by atoms with van der Waals surface area (Å²) in [7, 11) is 0. The van der Waals surface area contributed by atoms with E-state index in [0.29, 0.717) is 6.04 Å². The lowest BCUT2D eigenvalue weighted by Gasteiger charge is -2.32. The minimum absolute atomic E-state index is 0.244. The van der Waals surface area contributed by atoms with E-state index in [1.807, 2.05) is 0 Å². The van der Waals surface area contributed by atoms with Crippen LogP contribution in [0.4, 0.5) is 0 Å². The molecule has 1 N–H and O–H groups in total. The Kier molecular flexibility index (Phi) is 5.16. The van der Waals surface area contributed by atoms with Gasteiger partial charge in [0.1, 0.15) is 0 Å². The van der Waals surface area contributed by atoms with Gasteiger partial charge < -0.3 is 10.2 Å². The molecule has 1 unspecified atom stereocenters. The highest BCUT2D eigenvalue weighted by atomic mass is 32.1. The fraction of sp³-hybridized carbons (Fsp3) is 0.706. The van der Waals surface area contributed by atoms with Gasteiger partial charge in [0.2, 0.25) is 0 Å². The Bertz CT molecular complexity index is 522. The summed E-state index contributed by atoms with van der Waals surface area (Å²) < 4.78 is 0. The molecular formula is C17H27N3OS. The number of amides is 1. The molecule has 122 valence electrons. The van der Waals surface area contributed by atoms with Crippen LogP contribution < -0.4 is 5.32 Å². The van der Waals surface area contributed by atoms with Gasteiger partial charge in [-0.25, -0.2) is 0 Å². The van der Waals surface area contributed by atoms with Gasteiger partial charge in [0.25, 0.3) is 5.91 Å². The Morgan fingerprint density at radius 2 is 2.14 bits per heavy atom. The third kappa shape index (κ3) is 3.36. The molecule has 22 heavy (non-hydrogen) atoms. The second kappa shape index (κ2) is 7.11. The zero-order valence-corrected chi connectivity index (χ0v) is 14.5. The Hall–Kier alpha value is -0.910. The Morgan fingerprint density at radius 1 is 1.36 bits per heavy atom. The van der Waals surface area contributed by atoms with Gasteiger partial charge in [0.05, 0.1) is 4.88 Å². The summed E-state index contributed by atoms with van der Waals surface area (Å²) in [5.74, 6) is 0.244. The molecule has 3 heterocycles. The van der Waals surface area contributed by atoms with Gasteiger partial charge >= 0.3 is 0 Å². The second-order valence-corrected chi connectivity index (χ2v) is 7.68. The van der Waals surface area contributed by atoms with Crippen molar-refractivity contribution in [3.05, 3.63) is 21.4 Å². The van der Waals surface area contributed by atoms with Crippen molar-refractivity contribution in [1.29, 1.82) is 0 Å². The highest BCUT2D eigenvalue weighted by molar-refractivity contribution is 7.14. The van der Waals surface area contributed by atoms with Gasteiger partial charge in [-0.2, -0.15) is 0 Å². The van der Waals surface area contributed by atoms with Crippen LogP contribution in [0, 0.1) is 6.92 Å². The standard InChI is InChI=1S/C17H27N3OS/c1-3-4-14-11-16(22-13(14)2)17(21)20-8-5-15(12-20)19-9-6-18-7-10-19/h11,15,18H,3-10,12H2,1-2H3. The third-order valence-electron chi connectivity index (χ3n) is 4.87. The predicted octanol–water partition coefficient (Wildman–Crippen LogP) is 2.13. The van der Waals surface area contributed by atoms with Crippen molar-refractivity contribution in [2.75, 3.05) is 39.3 Å². The van der Waals surface area contributed by atoms with E-state index in [4.69, 9.17) is 0 Å². The first-order valence-electron chi connectivity index (χ1n) is 8.52. The number of hydrogen-bond donors (Lipinski definition) is 1. The molecule has 1 aromatic heterocycles. The molecular weight excluding hydrogens is 294 g/mol. The number of hydrogen-bond acceptors (Lipinski definition) is 4. The van der Waals surface area contributed by atoms with Crippen molar-refractivity contribution in [1.82, 2.24) is 15.1 Å². The molecule has 0 aromatic carbocycles. The molecule has 3 rings (SSSR count). The highest BCUT2D eigenvalue weighted by Gasteiger charge is 2.31. The number of carbonyl (C=O) groups is 1. The van der Waals surface area contributed by atoms with Crippen molar-refractivity contribution in [2.45, 2.75) is 39.2 Å². The highest BCUT2D eigenvalue weighted by Crippen LogP contribution is 2.26. The summed E-state index contributed by atoms with van der Waals surface area (Å²) in [6, 6.07) is 2.69. The van der Waals surface area contributed by atoms with Crippen LogP contribution >= 0.6 is 11.3 Å². The van der Waals surface area contributed by atoms with Crippen molar-refractivity contribution < 1.29 is 4.79 Å². The van der Waals surface area contributed by atoms with Gasteiger partial charge in [-0.05, 0) is 31.4 Å². The smallest absolute Gasteiger partial charge is 0.263 e. The lowest BCUT2D eigenvalue weighted by molar-refractivity contribution is 0.0778. The number of carbonyl (C=O) groups excluding carboxylic acids is 1. The van der Waals surface area contributed by atoms with E-state index in [1.165, 1.54) is 10.4 Å². The maximum atomic E-state index is 12.8. The summed E-state index contributed by atoms with van der Waals surface area (Å²) >= 11 is 1.67. The van der Waals surface area contributed by atoms with E-state index in [9.17, 15) is 4.79 Å². The first-order valence-corrected chi connectivity index (χ1v) is 9.34. The number of nitrogens with one attached hydrogen (secondary N) is 1. The lowest BCUT2D eigenvalue weighted by Crippen LogP contribution is -2.49. The van der Waals surface area contributed by atoms with E-state index in [2.05, 4.69) is 35.0 Å². The molecule has 0 radical (unpaired) electrons. The summed E-state index contributed by atoms with van der Waals surface area (Å²) in [5.41, 5.74) is 1.36. The van der Waals surface area contributed by atoms with Crippen LogP contribution in [0.1, 0.15) is 39.9 Å². The average molecular weight is 321 g/mol. The number of nitrogens with zero attached hydrogens (tertiary/aromatic N) is 2. The monoisotopic (exact) mass is 321 g/mol. The Labute approximate surface area is 137 Å². The van der Waals surface area contributed by atoms with Crippen molar-refractivity contribution in [2.24, 2.45) is 0 Å².